The van der Waals surface area contributed by atoms with Gasteiger partial charge in [-0.25, -0.2) is 27.8 Å². The molecule has 12 heteroatoms. The first-order valence-corrected chi connectivity index (χ1v) is 12.0. The molecule has 4 heterocycles. The number of aromatic nitrogens is 6. The molecule has 0 spiro atoms. The van der Waals surface area contributed by atoms with Crippen molar-refractivity contribution in [3.05, 3.63) is 60.2 Å². The number of alkyl halides is 2. The first kappa shape index (κ1) is 23.9. The van der Waals surface area contributed by atoms with Gasteiger partial charge in [-0.1, -0.05) is 17.3 Å². The molecule has 0 bridgehead atoms. The highest BCUT2D eigenvalue weighted by Gasteiger charge is 2.44. The predicted molar refractivity (Wildman–Crippen MR) is 135 cm³/mol. The molecule has 6 rings (SSSR count). The predicted octanol–water partition coefficient (Wildman–Crippen LogP) is 3.79. The number of likely N-dealkylation sites (N-methyl/N-ethyl adjacent to an activating group) is 1. The maximum Gasteiger partial charge on any atom is 0.266 e. The summed E-state index contributed by atoms with van der Waals surface area (Å²) < 4.78 is 47.7. The Morgan fingerprint density at radius 1 is 1.18 bits per heavy atom. The molecule has 1 aliphatic rings. The highest BCUT2D eigenvalue weighted by molar-refractivity contribution is 5.89. The SMILES string of the molecule is CN[C@H]1CN(c2nccn3c(-c4cc5nnn(C)c5cc4F)c(-c4ccc(C#N)cc4)nc23)CCC1(F)F. The maximum absolute atomic E-state index is 15.6. The van der Waals surface area contributed by atoms with Gasteiger partial charge in [0.1, 0.15) is 11.3 Å². The van der Waals surface area contributed by atoms with Crippen LogP contribution in [0.3, 0.4) is 0 Å². The summed E-state index contributed by atoms with van der Waals surface area (Å²) in [6.45, 7) is 0.122. The van der Waals surface area contributed by atoms with Crippen LogP contribution in [0.5, 0.6) is 0 Å². The Morgan fingerprint density at radius 3 is 2.71 bits per heavy atom. The lowest BCUT2D eigenvalue weighted by Gasteiger charge is -2.38. The minimum Gasteiger partial charge on any atom is -0.352 e. The fourth-order valence-corrected chi connectivity index (χ4v) is 4.98. The van der Waals surface area contributed by atoms with E-state index in [1.165, 1.54) is 17.8 Å². The number of rotatable bonds is 4. The van der Waals surface area contributed by atoms with E-state index in [1.807, 2.05) is 0 Å². The number of nitrogens with zero attached hydrogens (tertiary/aromatic N) is 8. The Morgan fingerprint density at radius 2 is 1.97 bits per heavy atom. The van der Waals surface area contributed by atoms with Gasteiger partial charge in [-0.05, 0) is 25.2 Å². The van der Waals surface area contributed by atoms with Crippen LogP contribution in [0.15, 0.2) is 48.8 Å². The first-order valence-electron chi connectivity index (χ1n) is 12.0. The number of nitriles is 1. The van der Waals surface area contributed by atoms with Crippen molar-refractivity contribution in [1.82, 2.24) is 34.7 Å². The van der Waals surface area contributed by atoms with Gasteiger partial charge >= 0.3 is 0 Å². The minimum atomic E-state index is -2.85. The average molecular weight is 518 g/mol. The molecule has 1 aliphatic heterocycles. The first-order chi connectivity index (χ1) is 18.3. The number of imidazole rings is 1. The van der Waals surface area contributed by atoms with Crippen LogP contribution in [0.4, 0.5) is 19.0 Å². The fourth-order valence-electron chi connectivity index (χ4n) is 4.98. The Bertz CT molecular complexity index is 1720. The monoisotopic (exact) mass is 517 g/mol. The molecule has 38 heavy (non-hydrogen) atoms. The molecule has 1 N–H and O–H groups in total. The third-order valence-corrected chi connectivity index (χ3v) is 7.04. The van der Waals surface area contributed by atoms with Crippen molar-refractivity contribution in [3.8, 4) is 28.6 Å². The molecule has 0 saturated carbocycles. The van der Waals surface area contributed by atoms with Gasteiger partial charge in [0.2, 0.25) is 0 Å². The van der Waals surface area contributed by atoms with Crippen LogP contribution in [0.25, 0.3) is 39.2 Å². The molecule has 0 radical (unpaired) electrons. The summed E-state index contributed by atoms with van der Waals surface area (Å²) in [6.07, 6.45) is 2.88. The Kier molecular flexibility index (Phi) is 5.53. The lowest BCUT2D eigenvalue weighted by Crippen LogP contribution is -2.56. The third-order valence-electron chi connectivity index (χ3n) is 7.04. The second-order valence-electron chi connectivity index (χ2n) is 9.27. The number of piperidine rings is 1. The van der Waals surface area contributed by atoms with Gasteiger partial charge in [0.05, 0.1) is 34.6 Å². The van der Waals surface area contributed by atoms with Crippen molar-refractivity contribution in [2.24, 2.45) is 7.05 Å². The molecule has 0 aliphatic carbocycles. The maximum atomic E-state index is 15.6. The lowest BCUT2D eigenvalue weighted by molar-refractivity contribution is -0.0489. The normalized spacial score (nSPS) is 17.3. The zero-order chi connectivity index (χ0) is 26.6. The van der Waals surface area contributed by atoms with E-state index in [9.17, 15) is 14.0 Å². The highest BCUT2D eigenvalue weighted by atomic mass is 19.3. The second-order valence-corrected chi connectivity index (χ2v) is 9.27. The average Bonchev–Trinajstić information content (AvgIpc) is 3.48. The number of hydrogen-bond donors (Lipinski definition) is 1. The van der Waals surface area contributed by atoms with Crippen molar-refractivity contribution >= 4 is 22.5 Å². The van der Waals surface area contributed by atoms with Gasteiger partial charge < -0.3 is 10.2 Å². The second kappa shape index (κ2) is 8.81. The van der Waals surface area contributed by atoms with E-state index < -0.39 is 17.8 Å². The zero-order valence-corrected chi connectivity index (χ0v) is 20.5. The standard InChI is InChI=1S/C26H22F3N9/c1-31-21-14-37(9-7-26(21,28)29)24-25-33-22(16-5-3-15(13-30)4-6-16)23(38(25)10-8-32-24)17-11-19-20(12-18(17)27)36(2)35-34-19/h3-6,8,10-12,21,31H,7,9,14H2,1-2H3/t21-/m0/s1. The lowest BCUT2D eigenvalue weighted by atomic mass is 10.0. The highest BCUT2D eigenvalue weighted by Crippen LogP contribution is 2.38. The van der Waals surface area contributed by atoms with E-state index >= 15 is 4.39 Å². The number of aryl methyl sites for hydroxylation is 1. The van der Waals surface area contributed by atoms with Gasteiger partial charge in [0, 0.05) is 56.1 Å². The quantitative estimate of drug-likeness (QED) is 0.387. The van der Waals surface area contributed by atoms with Crippen molar-refractivity contribution in [2.45, 2.75) is 18.4 Å². The summed E-state index contributed by atoms with van der Waals surface area (Å²) in [5.41, 5.74) is 3.74. The van der Waals surface area contributed by atoms with Crippen LogP contribution in [0.1, 0.15) is 12.0 Å². The minimum absolute atomic E-state index is 0.0322. The Labute approximate surface area is 215 Å². The molecule has 1 saturated heterocycles. The molecule has 192 valence electrons. The van der Waals surface area contributed by atoms with Crippen LogP contribution in [0.2, 0.25) is 0 Å². The van der Waals surface area contributed by atoms with Crippen molar-refractivity contribution in [2.75, 3.05) is 25.0 Å². The van der Waals surface area contributed by atoms with Gasteiger partial charge in [-0.3, -0.25) is 4.40 Å². The van der Waals surface area contributed by atoms with Crippen LogP contribution >= 0.6 is 0 Å². The smallest absolute Gasteiger partial charge is 0.266 e. The van der Waals surface area contributed by atoms with Crippen molar-refractivity contribution < 1.29 is 13.2 Å². The molecular weight excluding hydrogens is 495 g/mol. The topological polar surface area (TPSA) is 100.0 Å². The number of anilines is 1. The summed E-state index contributed by atoms with van der Waals surface area (Å²) in [5, 5.41) is 20.1. The number of hydrogen-bond acceptors (Lipinski definition) is 7. The van der Waals surface area contributed by atoms with E-state index in [1.54, 1.807) is 59.1 Å². The van der Waals surface area contributed by atoms with Crippen LogP contribution in [-0.4, -0.2) is 61.5 Å². The van der Waals surface area contributed by atoms with Crippen molar-refractivity contribution in [1.29, 1.82) is 5.26 Å². The third kappa shape index (κ3) is 3.74. The zero-order valence-electron chi connectivity index (χ0n) is 20.5. The fraction of sp³-hybridized carbons (Fsp3) is 0.269. The number of benzene rings is 2. The summed E-state index contributed by atoms with van der Waals surface area (Å²) in [4.78, 5) is 11.1. The molecule has 2 aromatic carbocycles. The van der Waals surface area contributed by atoms with E-state index in [0.717, 1.165) is 0 Å². The summed E-state index contributed by atoms with van der Waals surface area (Å²) in [7, 11) is 3.20. The Balaban J connectivity index is 1.58. The molecule has 1 atom stereocenters. The van der Waals surface area contributed by atoms with Gasteiger partial charge in [0.25, 0.3) is 5.92 Å². The van der Waals surface area contributed by atoms with E-state index in [4.69, 9.17) is 4.98 Å². The van der Waals surface area contributed by atoms with E-state index in [-0.39, 0.29) is 25.1 Å². The van der Waals surface area contributed by atoms with Crippen LogP contribution in [-0.2, 0) is 7.05 Å². The van der Waals surface area contributed by atoms with Gasteiger partial charge in [0.15, 0.2) is 11.5 Å². The largest absolute Gasteiger partial charge is 0.352 e. The Hall–Kier alpha value is -4.50. The van der Waals surface area contributed by atoms with Crippen LogP contribution < -0.4 is 10.2 Å². The van der Waals surface area contributed by atoms with Crippen molar-refractivity contribution in [3.63, 3.8) is 0 Å². The number of halogens is 3. The van der Waals surface area contributed by atoms with E-state index in [0.29, 0.717) is 45.0 Å². The molecule has 1 fully saturated rings. The summed E-state index contributed by atoms with van der Waals surface area (Å²) in [6, 6.07) is 10.8. The number of nitrogens with one attached hydrogen (secondary N) is 1. The summed E-state index contributed by atoms with van der Waals surface area (Å²) in [5.74, 6) is -2.92. The molecule has 0 unspecified atom stereocenters. The van der Waals surface area contributed by atoms with Gasteiger partial charge in [-0.2, -0.15) is 5.26 Å². The molecule has 5 aromatic rings. The van der Waals surface area contributed by atoms with Gasteiger partial charge in [-0.15, -0.1) is 5.10 Å². The number of fused-ring (bicyclic) bond motifs is 2. The molecular formula is C26H22F3N9. The van der Waals surface area contributed by atoms with Crippen LogP contribution in [0, 0.1) is 17.1 Å². The molecule has 3 aromatic heterocycles. The summed E-state index contributed by atoms with van der Waals surface area (Å²) >= 11 is 0. The molecule has 0 amide bonds. The van der Waals surface area contributed by atoms with E-state index in [2.05, 4.69) is 26.7 Å². The molecule has 9 nitrogen and oxygen atoms in total.